The maximum absolute atomic E-state index is 12.1. The van der Waals surface area contributed by atoms with Crippen molar-refractivity contribution in [2.24, 2.45) is 0 Å². The van der Waals surface area contributed by atoms with Crippen LogP contribution >= 0.6 is 11.3 Å². The average Bonchev–Trinajstić information content (AvgIpc) is 3.22. The number of para-hydroxylation sites is 2. The van der Waals surface area contributed by atoms with Crippen molar-refractivity contribution in [3.63, 3.8) is 0 Å². The molecule has 0 saturated heterocycles. The summed E-state index contributed by atoms with van der Waals surface area (Å²) in [7, 11) is 1.63. The Hall–Kier alpha value is -3.39. The van der Waals surface area contributed by atoms with E-state index in [-0.39, 0.29) is 5.95 Å². The molecule has 0 spiro atoms. The Morgan fingerprint density at radius 3 is 2.65 bits per heavy atom. The summed E-state index contributed by atoms with van der Waals surface area (Å²) in [5.41, 5.74) is 2.46. The lowest BCUT2D eigenvalue weighted by molar-refractivity contribution is 0.262. The number of anilines is 2. The summed E-state index contributed by atoms with van der Waals surface area (Å²) in [6.45, 7) is 0. The van der Waals surface area contributed by atoms with Crippen molar-refractivity contribution in [1.82, 2.24) is 14.6 Å². The molecule has 8 heteroatoms. The first kappa shape index (κ1) is 16.1. The molecule has 130 valence electrons. The van der Waals surface area contributed by atoms with Crippen LogP contribution < -0.4 is 15.4 Å². The van der Waals surface area contributed by atoms with Crippen molar-refractivity contribution >= 4 is 34.0 Å². The number of fused-ring (bicyclic) bond motifs is 1. The van der Waals surface area contributed by atoms with Gasteiger partial charge in [0.05, 0.1) is 12.8 Å². The summed E-state index contributed by atoms with van der Waals surface area (Å²) < 4.78 is 7.11. The highest BCUT2D eigenvalue weighted by Crippen LogP contribution is 2.32. The number of hydrogen-bond donors (Lipinski definition) is 2. The fourth-order valence-electron chi connectivity index (χ4n) is 2.56. The van der Waals surface area contributed by atoms with Gasteiger partial charge in [0.15, 0.2) is 0 Å². The van der Waals surface area contributed by atoms with Gasteiger partial charge in [-0.3, -0.25) is 5.32 Å². The highest BCUT2D eigenvalue weighted by molar-refractivity contribution is 7.15. The van der Waals surface area contributed by atoms with Crippen LogP contribution in [0.2, 0.25) is 0 Å². The monoisotopic (exact) mass is 365 g/mol. The first-order valence-electron chi connectivity index (χ1n) is 7.85. The van der Waals surface area contributed by atoms with Gasteiger partial charge in [-0.1, -0.05) is 30.3 Å². The van der Waals surface area contributed by atoms with Crippen molar-refractivity contribution in [3.05, 3.63) is 60.0 Å². The number of thiazole rings is 1. The Balaban J connectivity index is 1.59. The molecule has 4 aromatic rings. The summed E-state index contributed by atoms with van der Waals surface area (Å²) in [4.78, 5) is 17.1. The zero-order valence-electron chi connectivity index (χ0n) is 13.8. The van der Waals surface area contributed by atoms with Gasteiger partial charge in [0.25, 0.3) is 5.95 Å². The molecule has 0 aliphatic rings. The molecule has 2 amide bonds. The largest absolute Gasteiger partial charge is 0.496 e. The fourth-order valence-corrected chi connectivity index (χ4v) is 3.38. The average molecular weight is 365 g/mol. The lowest BCUT2D eigenvalue weighted by Gasteiger charge is -2.06. The van der Waals surface area contributed by atoms with Crippen molar-refractivity contribution in [3.8, 4) is 17.0 Å². The van der Waals surface area contributed by atoms with Crippen LogP contribution in [-0.2, 0) is 0 Å². The van der Waals surface area contributed by atoms with Crippen LogP contribution in [0.15, 0.2) is 60.0 Å². The van der Waals surface area contributed by atoms with Gasteiger partial charge >= 0.3 is 6.03 Å². The molecule has 26 heavy (non-hydrogen) atoms. The molecule has 4 rings (SSSR count). The topological polar surface area (TPSA) is 80.5 Å². The molecule has 2 aromatic heterocycles. The molecule has 0 saturated carbocycles. The number of nitrogens with one attached hydrogen (secondary N) is 2. The van der Waals surface area contributed by atoms with E-state index in [1.165, 1.54) is 11.3 Å². The van der Waals surface area contributed by atoms with Crippen LogP contribution in [0.5, 0.6) is 5.75 Å². The molecule has 0 aliphatic heterocycles. The molecule has 0 radical (unpaired) electrons. The third-order valence-electron chi connectivity index (χ3n) is 3.72. The third kappa shape index (κ3) is 3.09. The Morgan fingerprint density at radius 1 is 1.08 bits per heavy atom. The first-order chi connectivity index (χ1) is 12.7. The Kier molecular flexibility index (Phi) is 4.24. The Bertz CT molecular complexity index is 1060. The van der Waals surface area contributed by atoms with Crippen LogP contribution in [0.25, 0.3) is 16.2 Å². The molecular formula is C18H15N5O2S. The number of rotatable bonds is 4. The van der Waals surface area contributed by atoms with E-state index in [1.54, 1.807) is 23.8 Å². The summed E-state index contributed by atoms with van der Waals surface area (Å²) in [5.74, 6) is 0.987. The number of nitrogens with zero attached hydrogens (tertiary/aromatic N) is 3. The van der Waals surface area contributed by atoms with Gasteiger partial charge in [-0.05, 0) is 24.3 Å². The predicted octanol–water partition coefficient (Wildman–Crippen LogP) is 4.11. The van der Waals surface area contributed by atoms with Crippen LogP contribution in [-0.4, -0.2) is 27.7 Å². The van der Waals surface area contributed by atoms with Gasteiger partial charge in [-0.2, -0.15) is 4.98 Å². The maximum atomic E-state index is 12.1. The minimum Gasteiger partial charge on any atom is -0.496 e. The van der Waals surface area contributed by atoms with E-state index in [0.29, 0.717) is 10.6 Å². The van der Waals surface area contributed by atoms with Gasteiger partial charge in [0.2, 0.25) is 4.96 Å². The van der Waals surface area contributed by atoms with Gasteiger partial charge < -0.3 is 10.1 Å². The summed E-state index contributed by atoms with van der Waals surface area (Å²) >= 11 is 1.44. The zero-order chi connectivity index (χ0) is 17.9. The smallest absolute Gasteiger partial charge is 0.326 e. The van der Waals surface area contributed by atoms with E-state index in [2.05, 4.69) is 20.7 Å². The van der Waals surface area contributed by atoms with Crippen molar-refractivity contribution < 1.29 is 9.53 Å². The second-order valence-corrected chi connectivity index (χ2v) is 6.23. The number of carbonyl (C=O) groups excluding carboxylic acids is 1. The number of carbonyl (C=O) groups is 1. The minimum absolute atomic E-state index is 0.237. The second kappa shape index (κ2) is 6.85. The van der Waals surface area contributed by atoms with Gasteiger partial charge in [-0.25, -0.2) is 9.31 Å². The van der Waals surface area contributed by atoms with Crippen LogP contribution in [0, 0.1) is 0 Å². The molecule has 2 N–H and O–H groups in total. The molecule has 2 aromatic carbocycles. The summed E-state index contributed by atoms with van der Waals surface area (Å²) in [6, 6.07) is 16.5. The molecule has 0 fully saturated rings. The van der Waals surface area contributed by atoms with E-state index in [4.69, 9.17) is 4.74 Å². The number of aromatic nitrogens is 3. The van der Waals surface area contributed by atoms with Crippen LogP contribution in [0.3, 0.4) is 0 Å². The standard InChI is InChI=1S/C18H15N5O2S/c1-25-15-10-6-5-9-13(15)14-11-26-18-21-16(22-23(14)18)20-17(24)19-12-7-3-2-4-8-12/h2-11H,1H3,(H2,19,20,22,24). The van der Waals surface area contributed by atoms with Crippen molar-refractivity contribution in [2.75, 3.05) is 17.7 Å². The third-order valence-corrected chi connectivity index (χ3v) is 4.54. The molecule has 0 aliphatic carbocycles. The number of urea groups is 1. The Morgan fingerprint density at radius 2 is 1.85 bits per heavy atom. The van der Waals surface area contributed by atoms with Gasteiger partial charge in [-0.15, -0.1) is 16.4 Å². The van der Waals surface area contributed by atoms with Crippen molar-refractivity contribution in [1.29, 1.82) is 0 Å². The minimum atomic E-state index is -0.395. The highest BCUT2D eigenvalue weighted by atomic mass is 32.1. The number of methoxy groups -OCH3 is 1. The molecule has 0 bridgehead atoms. The SMILES string of the molecule is COc1ccccc1-c1csc2nc(NC(=O)Nc3ccccc3)nn12. The number of ether oxygens (including phenoxy) is 1. The quantitative estimate of drug-likeness (QED) is 0.570. The lowest BCUT2D eigenvalue weighted by atomic mass is 10.1. The van der Waals surface area contributed by atoms with Crippen LogP contribution in [0.1, 0.15) is 0 Å². The number of amides is 2. The Labute approximate surface area is 153 Å². The first-order valence-corrected chi connectivity index (χ1v) is 8.73. The molecule has 7 nitrogen and oxygen atoms in total. The highest BCUT2D eigenvalue weighted by Gasteiger charge is 2.15. The van der Waals surface area contributed by atoms with E-state index in [1.807, 2.05) is 47.8 Å². The molecule has 0 atom stereocenters. The number of benzene rings is 2. The predicted molar refractivity (Wildman–Crippen MR) is 102 cm³/mol. The summed E-state index contributed by atoms with van der Waals surface area (Å²) in [6.07, 6.45) is 0. The molecule has 2 heterocycles. The van der Waals surface area contributed by atoms with E-state index < -0.39 is 6.03 Å². The summed E-state index contributed by atoms with van der Waals surface area (Å²) in [5, 5.41) is 11.7. The van der Waals surface area contributed by atoms with Gasteiger partial charge in [0, 0.05) is 16.6 Å². The fraction of sp³-hybridized carbons (Fsp3) is 0.0556. The van der Waals surface area contributed by atoms with Gasteiger partial charge in [0.1, 0.15) is 5.75 Å². The van der Waals surface area contributed by atoms with Crippen LogP contribution in [0.4, 0.5) is 16.4 Å². The van der Waals surface area contributed by atoms with E-state index >= 15 is 0 Å². The van der Waals surface area contributed by atoms with E-state index in [0.717, 1.165) is 17.0 Å². The maximum Gasteiger partial charge on any atom is 0.326 e. The molecule has 0 unspecified atom stereocenters. The normalized spacial score (nSPS) is 10.7. The van der Waals surface area contributed by atoms with Crippen molar-refractivity contribution in [2.45, 2.75) is 0 Å². The molecular weight excluding hydrogens is 350 g/mol. The number of hydrogen-bond acceptors (Lipinski definition) is 5. The lowest BCUT2D eigenvalue weighted by Crippen LogP contribution is -2.20. The second-order valence-electron chi connectivity index (χ2n) is 5.40. The zero-order valence-corrected chi connectivity index (χ0v) is 14.7. The van der Waals surface area contributed by atoms with E-state index in [9.17, 15) is 4.79 Å².